The molecule has 5 aromatic rings. The van der Waals surface area contributed by atoms with Crippen molar-refractivity contribution in [2.45, 2.75) is 145 Å². The maximum atomic E-state index is 13.4. The SMILES string of the molecule is CC(C)(C)OC(=O)c1cccc(CN(Cc2cccc(C=O)n2)Cc2cc(=O)cc(CN(Cc3cccc(C(=O)OC(C)(C)C)n3)Cc3cccc(C(=O)OC(C)(C)C)n3)[nH]2)n1.COC(C)(C)C. The second-order valence-electron chi connectivity index (χ2n) is 20.2. The average molecular weight is 934 g/mol. The largest absolute Gasteiger partial charge is 0.455 e. The molecule has 0 radical (unpaired) electrons. The van der Waals surface area contributed by atoms with Gasteiger partial charge in [-0.1, -0.05) is 24.3 Å². The number of aromatic amines is 1. The first-order chi connectivity index (χ1) is 31.7. The zero-order valence-corrected chi connectivity index (χ0v) is 41.8. The van der Waals surface area contributed by atoms with Gasteiger partial charge in [-0.05, 0) is 132 Å². The highest BCUT2D eigenvalue weighted by Gasteiger charge is 2.23. The van der Waals surface area contributed by atoms with E-state index in [0.717, 1.165) is 0 Å². The van der Waals surface area contributed by atoms with Gasteiger partial charge in [0.2, 0.25) is 0 Å². The number of esters is 3. The molecule has 1 N–H and O–H groups in total. The molecule has 5 aromatic heterocycles. The molecule has 0 saturated heterocycles. The van der Waals surface area contributed by atoms with Gasteiger partial charge in [0, 0.05) is 69.9 Å². The van der Waals surface area contributed by atoms with Crippen molar-refractivity contribution in [1.29, 1.82) is 0 Å². The lowest BCUT2D eigenvalue weighted by molar-refractivity contribution is 0.00499. The van der Waals surface area contributed by atoms with E-state index in [1.165, 1.54) is 12.1 Å². The lowest BCUT2D eigenvalue weighted by Gasteiger charge is -2.24. The summed E-state index contributed by atoms with van der Waals surface area (Å²) in [6.07, 6.45) is 0.680. The van der Waals surface area contributed by atoms with E-state index in [-0.39, 0.29) is 73.1 Å². The summed E-state index contributed by atoms with van der Waals surface area (Å²) >= 11 is 0. The van der Waals surface area contributed by atoms with Crippen LogP contribution in [-0.2, 0) is 58.2 Å². The number of nitrogens with zero attached hydrogens (tertiary/aromatic N) is 6. The van der Waals surface area contributed by atoms with E-state index in [4.69, 9.17) is 18.9 Å². The van der Waals surface area contributed by atoms with Gasteiger partial charge >= 0.3 is 17.9 Å². The first kappa shape index (κ1) is 54.1. The van der Waals surface area contributed by atoms with E-state index in [0.29, 0.717) is 40.4 Å². The van der Waals surface area contributed by atoms with Gasteiger partial charge in [0.15, 0.2) is 11.7 Å². The van der Waals surface area contributed by atoms with Crippen LogP contribution in [0.4, 0.5) is 0 Å². The van der Waals surface area contributed by atoms with Gasteiger partial charge in [-0.25, -0.2) is 34.3 Å². The maximum absolute atomic E-state index is 13.4. The maximum Gasteiger partial charge on any atom is 0.357 e. The summed E-state index contributed by atoms with van der Waals surface area (Å²) in [6, 6.07) is 23.6. The lowest BCUT2D eigenvalue weighted by Crippen LogP contribution is -2.28. The second-order valence-corrected chi connectivity index (χ2v) is 20.2. The monoisotopic (exact) mass is 934 g/mol. The predicted octanol–water partition coefficient (Wildman–Crippen LogP) is 8.47. The topological polar surface area (TPSA) is 196 Å². The number of methoxy groups -OCH3 is 1. The van der Waals surface area contributed by atoms with Crippen LogP contribution >= 0.6 is 0 Å². The molecule has 0 aliphatic rings. The van der Waals surface area contributed by atoms with Crippen molar-refractivity contribution in [3.8, 4) is 0 Å². The molecule has 5 rings (SSSR count). The number of ether oxygens (including phenoxy) is 4. The zero-order valence-electron chi connectivity index (χ0n) is 41.8. The Morgan fingerprint density at radius 3 is 1.10 bits per heavy atom. The summed E-state index contributed by atoms with van der Waals surface area (Å²) in [7, 11) is 1.71. The molecule has 0 aliphatic carbocycles. The van der Waals surface area contributed by atoms with Crippen LogP contribution < -0.4 is 5.43 Å². The van der Waals surface area contributed by atoms with Crippen LogP contribution in [0, 0.1) is 0 Å². The first-order valence-electron chi connectivity index (χ1n) is 22.4. The molecule has 5 heterocycles. The van der Waals surface area contributed by atoms with Crippen molar-refractivity contribution in [2.75, 3.05) is 7.11 Å². The average Bonchev–Trinajstić information content (AvgIpc) is 3.22. The zero-order chi connectivity index (χ0) is 50.5. The number of rotatable bonds is 16. The van der Waals surface area contributed by atoms with Crippen LogP contribution in [0.15, 0.2) is 89.7 Å². The number of H-pyrrole nitrogens is 1. The van der Waals surface area contributed by atoms with Crippen molar-refractivity contribution in [2.24, 2.45) is 0 Å². The van der Waals surface area contributed by atoms with Gasteiger partial charge in [-0.3, -0.25) is 19.4 Å². The third kappa shape index (κ3) is 19.8. The number of carbonyl (C=O) groups is 4. The highest BCUT2D eigenvalue weighted by molar-refractivity contribution is 5.88. The molecule has 0 bridgehead atoms. The van der Waals surface area contributed by atoms with Gasteiger partial charge in [0.25, 0.3) is 0 Å². The third-order valence-electron chi connectivity index (χ3n) is 9.09. The van der Waals surface area contributed by atoms with E-state index in [1.807, 2.05) is 30.6 Å². The van der Waals surface area contributed by atoms with Crippen LogP contribution in [0.1, 0.15) is 159 Å². The van der Waals surface area contributed by atoms with Crippen molar-refractivity contribution in [3.05, 3.63) is 152 Å². The molecule has 16 nitrogen and oxygen atoms in total. The molecule has 0 aliphatic heterocycles. The molecular weight excluding hydrogens is 867 g/mol. The molecule has 0 amide bonds. The van der Waals surface area contributed by atoms with E-state index in [1.54, 1.807) is 142 Å². The van der Waals surface area contributed by atoms with E-state index < -0.39 is 34.7 Å². The number of carbonyl (C=O) groups excluding carboxylic acids is 4. The molecule has 0 spiro atoms. The van der Waals surface area contributed by atoms with Crippen LogP contribution in [0.2, 0.25) is 0 Å². The van der Waals surface area contributed by atoms with Crippen molar-refractivity contribution >= 4 is 24.2 Å². The quantitative estimate of drug-likeness (QED) is 0.0562. The molecule has 0 fully saturated rings. The molecule has 0 atom stereocenters. The highest BCUT2D eigenvalue weighted by atomic mass is 16.6. The summed E-state index contributed by atoms with van der Waals surface area (Å²) < 4.78 is 21.6. The Morgan fingerprint density at radius 1 is 0.500 bits per heavy atom. The molecule has 0 unspecified atom stereocenters. The summed E-state index contributed by atoms with van der Waals surface area (Å²) in [5.74, 6) is -1.66. The van der Waals surface area contributed by atoms with Crippen LogP contribution in [-0.4, -0.2) is 88.4 Å². The Morgan fingerprint density at radius 2 is 0.809 bits per heavy atom. The van der Waals surface area contributed by atoms with Crippen molar-refractivity contribution < 1.29 is 38.1 Å². The van der Waals surface area contributed by atoms with E-state index in [2.05, 4.69) is 24.9 Å². The molecule has 16 heteroatoms. The van der Waals surface area contributed by atoms with Crippen LogP contribution in [0.5, 0.6) is 0 Å². The molecular formula is C52H67N7O9. The molecule has 0 aromatic carbocycles. The summed E-state index contributed by atoms with van der Waals surface area (Å²) in [5.41, 5.74) is 1.88. The van der Waals surface area contributed by atoms with Gasteiger partial charge in [0.05, 0.1) is 28.4 Å². The lowest BCUT2D eigenvalue weighted by atomic mass is 10.2. The first-order valence-corrected chi connectivity index (χ1v) is 22.4. The minimum atomic E-state index is -0.713. The molecule has 364 valence electrons. The van der Waals surface area contributed by atoms with E-state index >= 15 is 0 Å². The number of nitrogens with one attached hydrogen (secondary N) is 1. The third-order valence-corrected chi connectivity index (χ3v) is 9.09. The van der Waals surface area contributed by atoms with Crippen LogP contribution in [0.3, 0.4) is 0 Å². The minimum absolute atomic E-state index is 0.0417. The second kappa shape index (κ2) is 23.5. The molecule has 68 heavy (non-hydrogen) atoms. The highest BCUT2D eigenvalue weighted by Crippen LogP contribution is 2.19. The Kier molecular flexibility index (Phi) is 18.7. The Labute approximate surface area is 399 Å². The summed E-state index contributed by atoms with van der Waals surface area (Å²) in [5, 5.41) is 0. The number of aldehydes is 1. The fourth-order valence-corrected chi connectivity index (χ4v) is 6.25. The van der Waals surface area contributed by atoms with Crippen molar-refractivity contribution in [1.82, 2.24) is 34.7 Å². The summed E-state index contributed by atoms with van der Waals surface area (Å²) in [4.78, 5) is 89.5. The number of pyridine rings is 5. The van der Waals surface area contributed by atoms with E-state index in [9.17, 15) is 24.0 Å². The Hall–Kier alpha value is -6.49. The summed E-state index contributed by atoms with van der Waals surface area (Å²) in [6.45, 7) is 23.5. The number of aromatic nitrogens is 5. The van der Waals surface area contributed by atoms with Gasteiger partial charge in [0.1, 0.15) is 39.6 Å². The molecule has 0 saturated carbocycles. The van der Waals surface area contributed by atoms with Crippen molar-refractivity contribution in [3.63, 3.8) is 0 Å². The van der Waals surface area contributed by atoms with Gasteiger partial charge < -0.3 is 23.9 Å². The number of hydrogen-bond donors (Lipinski definition) is 1. The number of hydrogen-bond acceptors (Lipinski definition) is 15. The normalized spacial score (nSPS) is 12.0. The smallest absolute Gasteiger partial charge is 0.357 e. The predicted molar refractivity (Wildman–Crippen MR) is 258 cm³/mol. The van der Waals surface area contributed by atoms with Gasteiger partial charge in [-0.2, -0.15) is 0 Å². The van der Waals surface area contributed by atoms with Gasteiger partial charge in [-0.15, -0.1) is 0 Å². The van der Waals surface area contributed by atoms with Crippen LogP contribution in [0.25, 0.3) is 0 Å². The standard InChI is InChI=1S/C47H55N7O8.C5H12O/c1-45(2,3)60-42(57)39-19-11-15-32(50-39)25-53(24-31-14-10-18-35(30-55)48-31)28-36-22-38(56)23-37(49-36)29-54(26-33-16-12-20-40(51-33)43(58)61-46(4,5)6)27-34-17-13-21-41(52-34)44(59)62-47(7,8)9;1-5(2,3)6-4/h10-23,30H,24-29H2,1-9H3,(H,49,56);1-4H3. The minimum Gasteiger partial charge on any atom is -0.455 e. The fourth-order valence-electron chi connectivity index (χ4n) is 6.25. The fraction of sp³-hybridized carbons (Fsp3) is 0.442. The Balaban J connectivity index is 0.00000157. The Bertz CT molecular complexity index is 2490.